The second-order valence-electron chi connectivity index (χ2n) is 6.76. The van der Waals surface area contributed by atoms with E-state index in [1.807, 2.05) is 13.8 Å². The fourth-order valence-electron chi connectivity index (χ4n) is 2.95. The Bertz CT molecular complexity index is 431. The number of rotatable bonds is 3. The molecule has 1 fully saturated rings. The van der Waals surface area contributed by atoms with Crippen molar-refractivity contribution in [1.29, 1.82) is 0 Å². The zero-order chi connectivity index (χ0) is 17.8. The van der Waals surface area contributed by atoms with Crippen LogP contribution in [-0.4, -0.2) is 10.6 Å². The Morgan fingerprint density at radius 3 is 2.26 bits per heavy atom. The second kappa shape index (κ2) is 12.5. The summed E-state index contributed by atoms with van der Waals surface area (Å²) in [6, 6.07) is 3.33. The van der Waals surface area contributed by atoms with E-state index in [1.165, 1.54) is 45.3 Å². The molecule has 1 aromatic rings. The van der Waals surface area contributed by atoms with Gasteiger partial charge in [0.25, 0.3) is 0 Å². The lowest BCUT2D eigenvalue weighted by Crippen LogP contribution is -2.23. The van der Waals surface area contributed by atoms with Crippen molar-refractivity contribution in [1.82, 2.24) is 0 Å². The van der Waals surface area contributed by atoms with Crippen LogP contribution in [0.2, 0.25) is 0 Å². The highest BCUT2D eigenvalue weighted by Gasteiger charge is 2.25. The van der Waals surface area contributed by atoms with Crippen LogP contribution >= 0.6 is 12.2 Å². The first-order valence-corrected chi connectivity index (χ1v) is 9.21. The molecule has 1 aliphatic carbocycles. The van der Waals surface area contributed by atoms with E-state index in [1.54, 1.807) is 12.1 Å². The maximum Gasteiger partial charge on any atom is 0.194 e. The van der Waals surface area contributed by atoms with Gasteiger partial charge >= 0.3 is 0 Å². The van der Waals surface area contributed by atoms with E-state index in [0.717, 1.165) is 22.6 Å². The molecule has 2 rings (SSSR count). The van der Waals surface area contributed by atoms with Crippen LogP contribution in [0.25, 0.3) is 0 Å². The minimum Gasteiger partial charge on any atom is -0.461 e. The Morgan fingerprint density at radius 1 is 1.26 bits per heavy atom. The third kappa shape index (κ3) is 10.4. The Morgan fingerprint density at radius 2 is 1.87 bits per heavy atom. The number of carbonyl (C=O) groups excluding carboxylic acids is 1. The summed E-state index contributed by atoms with van der Waals surface area (Å²) in [4.78, 5) is 11.4. The smallest absolute Gasteiger partial charge is 0.194 e. The number of ketones is 1. The lowest BCUT2D eigenvalue weighted by atomic mass is 9.72. The lowest BCUT2D eigenvalue weighted by molar-refractivity contribution is 0.0987. The molecule has 1 aliphatic rings. The normalized spacial score (nSPS) is 23.0. The van der Waals surface area contributed by atoms with Crippen molar-refractivity contribution in [3.63, 3.8) is 0 Å². The predicted octanol–water partition coefficient (Wildman–Crippen LogP) is 6.74. The molecule has 3 unspecified atom stereocenters. The molecular formula is C20H34O2S. The number of Topliss-reactive ketones (excluding diaryl/α,β-unsaturated/α-hetero) is 1. The van der Waals surface area contributed by atoms with Crippen molar-refractivity contribution >= 4 is 22.9 Å². The second-order valence-corrected chi connectivity index (χ2v) is 7.57. The van der Waals surface area contributed by atoms with Gasteiger partial charge in [0.15, 0.2) is 11.5 Å². The average Bonchev–Trinajstić information content (AvgIpc) is 2.99. The zero-order valence-electron chi connectivity index (χ0n) is 15.7. The van der Waals surface area contributed by atoms with E-state index in [-0.39, 0.29) is 5.78 Å². The van der Waals surface area contributed by atoms with Crippen molar-refractivity contribution in [2.75, 3.05) is 0 Å². The summed E-state index contributed by atoms with van der Waals surface area (Å²) in [5.74, 6) is 3.41. The van der Waals surface area contributed by atoms with E-state index in [9.17, 15) is 4.79 Å². The van der Waals surface area contributed by atoms with Gasteiger partial charge in [-0.1, -0.05) is 65.1 Å². The molecule has 3 atom stereocenters. The standard InChI is InChI=1S/C11H22.C6H6O2.C3H6S/c1-4-6-11-8-5-7-9(2)10(11)3;1-5(7)6-3-2-4-8-6;1-3(2)4/h9-11H,4-8H2,1-3H3;2-4H,1H3;1-2H3. The van der Waals surface area contributed by atoms with E-state index in [2.05, 4.69) is 33.0 Å². The number of hydrogen-bond donors (Lipinski definition) is 0. The maximum absolute atomic E-state index is 10.4. The van der Waals surface area contributed by atoms with Crippen molar-refractivity contribution < 1.29 is 9.21 Å². The first-order valence-electron chi connectivity index (χ1n) is 8.81. The average molecular weight is 339 g/mol. The van der Waals surface area contributed by atoms with Gasteiger partial charge in [-0.25, -0.2) is 0 Å². The van der Waals surface area contributed by atoms with E-state index in [4.69, 9.17) is 4.42 Å². The van der Waals surface area contributed by atoms with Gasteiger partial charge in [-0.05, 0) is 48.6 Å². The SMILES string of the molecule is CC(=O)c1ccco1.CC(C)=S.CCCC1CCCC(C)C1C. The highest BCUT2D eigenvalue weighted by atomic mass is 32.1. The van der Waals surface area contributed by atoms with Crippen molar-refractivity contribution in [3.8, 4) is 0 Å². The van der Waals surface area contributed by atoms with Gasteiger partial charge in [0, 0.05) is 6.92 Å². The maximum atomic E-state index is 10.4. The third-order valence-electron chi connectivity index (χ3n) is 4.40. The summed E-state index contributed by atoms with van der Waals surface area (Å²) in [6.45, 7) is 12.5. The monoisotopic (exact) mass is 338 g/mol. The molecule has 0 radical (unpaired) electrons. The molecule has 1 heterocycles. The van der Waals surface area contributed by atoms with Gasteiger partial charge in [-0.3, -0.25) is 4.79 Å². The third-order valence-corrected chi connectivity index (χ3v) is 4.40. The minimum atomic E-state index is -0.0324. The summed E-state index contributed by atoms with van der Waals surface area (Å²) in [5, 5.41) is 0. The largest absolute Gasteiger partial charge is 0.461 e. The molecule has 2 nitrogen and oxygen atoms in total. The van der Waals surface area contributed by atoms with Gasteiger partial charge in [-0.2, -0.15) is 0 Å². The Hall–Kier alpha value is -0.960. The van der Waals surface area contributed by atoms with E-state index in [0.29, 0.717) is 5.76 Å². The lowest BCUT2D eigenvalue weighted by Gasteiger charge is -2.33. The number of carbonyl (C=O) groups is 1. The summed E-state index contributed by atoms with van der Waals surface area (Å²) in [5.41, 5.74) is 0. The minimum absolute atomic E-state index is 0.0324. The highest BCUT2D eigenvalue weighted by molar-refractivity contribution is 7.80. The fourth-order valence-corrected chi connectivity index (χ4v) is 2.95. The Kier molecular flexibility index (Phi) is 11.9. The quantitative estimate of drug-likeness (QED) is 0.451. The molecule has 0 N–H and O–H groups in total. The first-order chi connectivity index (χ1) is 10.8. The van der Waals surface area contributed by atoms with Crippen molar-refractivity contribution in [3.05, 3.63) is 24.2 Å². The molecule has 23 heavy (non-hydrogen) atoms. The molecule has 0 aliphatic heterocycles. The van der Waals surface area contributed by atoms with E-state index >= 15 is 0 Å². The van der Waals surface area contributed by atoms with Crippen LogP contribution < -0.4 is 0 Å². The molecule has 1 aromatic heterocycles. The molecule has 1 saturated carbocycles. The van der Waals surface area contributed by atoms with Crippen LogP contribution in [0.5, 0.6) is 0 Å². The predicted molar refractivity (Wildman–Crippen MR) is 103 cm³/mol. The molecule has 0 spiro atoms. The number of furan rings is 1. The van der Waals surface area contributed by atoms with Gasteiger partial charge in [-0.15, -0.1) is 0 Å². The van der Waals surface area contributed by atoms with Crippen molar-refractivity contribution in [2.45, 2.75) is 73.6 Å². The van der Waals surface area contributed by atoms with Crippen LogP contribution in [0, 0.1) is 17.8 Å². The van der Waals surface area contributed by atoms with Gasteiger partial charge < -0.3 is 4.42 Å². The van der Waals surface area contributed by atoms with E-state index < -0.39 is 0 Å². The number of thiocarbonyl (C=S) groups is 1. The van der Waals surface area contributed by atoms with Gasteiger partial charge in [0.2, 0.25) is 0 Å². The number of hydrogen-bond acceptors (Lipinski definition) is 3. The molecular weight excluding hydrogens is 304 g/mol. The Labute approximate surface area is 148 Å². The zero-order valence-corrected chi connectivity index (χ0v) is 16.5. The van der Waals surface area contributed by atoms with Crippen LogP contribution in [0.4, 0.5) is 0 Å². The van der Waals surface area contributed by atoms with Crippen molar-refractivity contribution in [2.24, 2.45) is 17.8 Å². The molecule has 0 aromatic carbocycles. The van der Waals surface area contributed by atoms with Crippen LogP contribution in [0.15, 0.2) is 22.8 Å². The fraction of sp³-hybridized carbons (Fsp3) is 0.700. The highest BCUT2D eigenvalue weighted by Crippen LogP contribution is 2.36. The molecule has 3 heteroatoms. The first kappa shape index (κ1) is 22.0. The molecule has 0 amide bonds. The van der Waals surface area contributed by atoms with Gasteiger partial charge in [0.1, 0.15) is 0 Å². The summed E-state index contributed by atoms with van der Waals surface area (Å²) >= 11 is 4.54. The topological polar surface area (TPSA) is 30.2 Å². The summed E-state index contributed by atoms with van der Waals surface area (Å²) in [6.07, 6.45) is 8.78. The molecule has 132 valence electrons. The summed E-state index contributed by atoms with van der Waals surface area (Å²) < 4.78 is 4.75. The van der Waals surface area contributed by atoms with Crippen LogP contribution in [0.1, 0.15) is 84.2 Å². The van der Waals surface area contributed by atoms with Crippen LogP contribution in [0.3, 0.4) is 0 Å². The van der Waals surface area contributed by atoms with Crippen LogP contribution in [-0.2, 0) is 0 Å². The molecule has 0 saturated heterocycles. The van der Waals surface area contributed by atoms with Gasteiger partial charge in [0.05, 0.1) is 6.26 Å². The summed E-state index contributed by atoms with van der Waals surface area (Å²) in [7, 11) is 0. The molecule has 0 bridgehead atoms. The Balaban J connectivity index is 0.000000354.